The van der Waals surface area contributed by atoms with Gasteiger partial charge in [0.25, 0.3) is 0 Å². The van der Waals surface area contributed by atoms with Crippen molar-refractivity contribution in [3.8, 4) is 0 Å². The molecule has 0 aromatic heterocycles. The van der Waals surface area contributed by atoms with Gasteiger partial charge in [0.2, 0.25) is 0 Å². The SMILES string of the molecule is CC(C)(C)Cc1ccccc1[Si]1C=CC=C1. The largest absolute Gasteiger partial charge is 0.139 e. The van der Waals surface area contributed by atoms with Crippen LogP contribution in [0, 0.1) is 5.41 Å². The van der Waals surface area contributed by atoms with E-state index in [2.05, 4.69) is 68.6 Å². The summed E-state index contributed by atoms with van der Waals surface area (Å²) in [5, 5.41) is 1.56. The topological polar surface area (TPSA) is 0 Å². The molecule has 1 aliphatic heterocycles. The first-order chi connectivity index (χ1) is 7.56. The third kappa shape index (κ3) is 2.73. The lowest BCUT2D eigenvalue weighted by Gasteiger charge is -2.21. The first-order valence-electron chi connectivity index (χ1n) is 5.86. The van der Waals surface area contributed by atoms with Gasteiger partial charge >= 0.3 is 0 Å². The standard InChI is InChI=1S/C15H19Si/c1-15(2,3)12-13-8-4-5-9-14(13)16-10-6-7-11-16/h4-11H,12H2,1-3H3. The molecule has 0 unspecified atom stereocenters. The number of hydrogen-bond donors (Lipinski definition) is 0. The number of benzene rings is 1. The monoisotopic (exact) mass is 227 g/mol. The second kappa shape index (κ2) is 4.42. The van der Waals surface area contributed by atoms with Gasteiger partial charge in [-0.15, -0.1) is 0 Å². The maximum Gasteiger partial charge on any atom is 0.139 e. The normalized spacial score (nSPS) is 15.9. The number of allylic oxidation sites excluding steroid dienone is 2. The van der Waals surface area contributed by atoms with Gasteiger partial charge in [-0.2, -0.15) is 0 Å². The van der Waals surface area contributed by atoms with Gasteiger partial charge < -0.3 is 0 Å². The smallest absolute Gasteiger partial charge is 0.0877 e. The third-order valence-electron chi connectivity index (χ3n) is 2.71. The molecule has 83 valence electrons. The maximum atomic E-state index is 2.37. The molecule has 1 aromatic rings. The van der Waals surface area contributed by atoms with Crippen LogP contribution in [0.15, 0.2) is 47.8 Å². The van der Waals surface area contributed by atoms with Gasteiger partial charge in [0.15, 0.2) is 0 Å². The first-order valence-corrected chi connectivity index (χ1v) is 7.52. The predicted octanol–water partition coefficient (Wildman–Crippen LogP) is 3.18. The van der Waals surface area contributed by atoms with Crippen LogP contribution in [0.25, 0.3) is 0 Å². The van der Waals surface area contributed by atoms with Crippen LogP contribution in [0.4, 0.5) is 0 Å². The molecule has 0 amide bonds. The zero-order chi connectivity index (χ0) is 11.6. The van der Waals surface area contributed by atoms with E-state index in [1.165, 1.54) is 12.0 Å². The fourth-order valence-electron chi connectivity index (χ4n) is 2.08. The highest BCUT2D eigenvalue weighted by Crippen LogP contribution is 2.20. The molecule has 2 rings (SSSR count). The van der Waals surface area contributed by atoms with Crippen molar-refractivity contribution in [1.29, 1.82) is 0 Å². The van der Waals surface area contributed by atoms with Crippen LogP contribution < -0.4 is 5.19 Å². The van der Waals surface area contributed by atoms with E-state index in [1.54, 1.807) is 5.19 Å². The van der Waals surface area contributed by atoms with E-state index in [0.717, 1.165) is 0 Å². The Bertz CT molecular complexity index is 409. The molecule has 1 aliphatic rings. The molecule has 0 nitrogen and oxygen atoms in total. The van der Waals surface area contributed by atoms with E-state index in [1.807, 2.05) is 0 Å². The van der Waals surface area contributed by atoms with Crippen molar-refractivity contribution < 1.29 is 0 Å². The van der Waals surface area contributed by atoms with Crippen molar-refractivity contribution in [2.75, 3.05) is 0 Å². The minimum absolute atomic E-state index is 0.366. The summed E-state index contributed by atoms with van der Waals surface area (Å²) in [5.74, 6) is 0. The summed E-state index contributed by atoms with van der Waals surface area (Å²) in [5.41, 5.74) is 6.63. The molecule has 1 heteroatoms. The van der Waals surface area contributed by atoms with Gasteiger partial charge in [-0.25, -0.2) is 0 Å². The van der Waals surface area contributed by atoms with Crippen LogP contribution in [0.1, 0.15) is 26.3 Å². The zero-order valence-corrected chi connectivity index (χ0v) is 11.3. The summed E-state index contributed by atoms with van der Waals surface area (Å²) < 4.78 is 0. The van der Waals surface area contributed by atoms with Gasteiger partial charge in [0.05, 0.1) is 0 Å². The lowest BCUT2D eigenvalue weighted by Crippen LogP contribution is -2.30. The lowest BCUT2D eigenvalue weighted by atomic mass is 9.88. The molecular formula is C15H19Si. The molecular weight excluding hydrogens is 208 g/mol. The predicted molar refractivity (Wildman–Crippen MR) is 73.3 cm³/mol. The minimum atomic E-state index is -0.552. The summed E-state index contributed by atoms with van der Waals surface area (Å²) in [7, 11) is -0.552. The van der Waals surface area contributed by atoms with E-state index in [9.17, 15) is 0 Å². The molecule has 1 aromatic carbocycles. The molecule has 0 saturated heterocycles. The molecule has 0 aliphatic carbocycles. The molecule has 1 heterocycles. The van der Waals surface area contributed by atoms with Crippen molar-refractivity contribution in [1.82, 2.24) is 0 Å². The highest BCUT2D eigenvalue weighted by atomic mass is 28.3. The Labute approximate surface area is 100 Å². The van der Waals surface area contributed by atoms with Crippen LogP contribution in [-0.2, 0) is 6.42 Å². The Morgan fingerprint density at radius 3 is 2.25 bits per heavy atom. The molecule has 0 fully saturated rings. The Morgan fingerprint density at radius 1 is 1.00 bits per heavy atom. The molecule has 0 N–H and O–H groups in total. The first kappa shape index (κ1) is 11.4. The Balaban J connectivity index is 2.30. The van der Waals surface area contributed by atoms with E-state index in [0.29, 0.717) is 5.41 Å². The van der Waals surface area contributed by atoms with Crippen molar-refractivity contribution in [3.05, 3.63) is 53.4 Å². The second-order valence-corrected chi connectivity index (χ2v) is 7.68. The lowest BCUT2D eigenvalue weighted by molar-refractivity contribution is 0.412. The second-order valence-electron chi connectivity index (χ2n) is 5.57. The van der Waals surface area contributed by atoms with Crippen molar-refractivity contribution in [3.63, 3.8) is 0 Å². The van der Waals surface area contributed by atoms with Crippen molar-refractivity contribution in [2.45, 2.75) is 27.2 Å². The van der Waals surface area contributed by atoms with Gasteiger partial charge in [-0.3, -0.25) is 0 Å². The number of hydrogen-bond acceptors (Lipinski definition) is 0. The summed E-state index contributed by atoms with van der Waals surface area (Å²) in [6.07, 6.45) is 5.53. The molecule has 1 radical (unpaired) electrons. The average molecular weight is 227 g/mol. The van der Waals surface area contributed by atoms with Crippen LogP contribution in [0.5, 0.6) is 0 Å². The summed E-state index contributed by atoms with van der Waals surface area (Å²) in [4.78, 5) is 0. The fraction of sp³-hybridized carbons (Fsp3) is 0.333. The van der Waals surface area contributed by atoms with Crippen LogP contribution >= 0.6 is 0 Å². The quantitative estimate of drug-likeness (QED) is 0.681. The molecule has 0 spiro atoms. The molecule has 16 heavy (non-hydrogen) atoms. The summed E-state index contributed by atoms with van der Waals surface area (Å²) >= 11 is 0. The zero-order valence-electron chi connectivity index (χ0n) is 10.3. The third-order valence-corrected chi connectivity index (χ3v) is 4.92. The minimum Gasteiger partial charge on any atom is -0.0877 e. The van der Waals surface area contributed by atoms with Gasteiger partial charge in [0.1, 0.15) is 8.80 Å². The van der Waals surface area contributed by atoms with Crippen molar-refractivity contribution >= 4 is 14.0 Å². The Kier molecular flexibility index (Phi) is 3.15. The fourth-order valence-corrected chi connectivity index (χ4v) is 4.02. The highest BCUT2D eigenvalue weighted by Gasteiger charge is 2.18. The maximum absolute atomic E-state index is 2.37. The van der Waals surface area contributed by atoms with Gasteiger partial charge in [0, 0.05) is 0 Å². The summed E-state index contributed by atoms with van der Waals surface area (Å²) in [6.45, 7) is 6.92. The molecule has 0 bridgehead atoms. The van der Waals surface area contributed by atoms with E-state index >= 15 is 0 Å². The summed E-state index contributed by atoms with van der Waals surface area (Å²) in [6, 6.07) is 8.92. The van der Waals surface area contributed by atoms with Crippen molar-refractivity contribution in [2.24, 2.45) is 5.41 Å². The van der Waals surface area contributed by atoms with Gasteiger partial charge in [-0.05, 0) is 22.6 Å². The Hall–Kier alpha value is -1.08. The highest BCUT2D eigenvalue weighted by molar-refractivity contribution is 6.83. The Morgan fingerprint density at radius 2 is 1.62 bits per heavy atom. The van der Waals surface area contributed by atoms with Crippen LogP contribution in [0.3, 0.4) is 0 Å². The van der Waals surface area contributed by atoms with E-state index in [4.69, 9.17) is 0 Å². The molecule has 0 saturated carbocycles. The van der Waals surface area contributed by atoms with Crippen LogP contribution in [0.2, 0.25) is 0 Å². The van der Waals surface area contributed by atoms with E-state index < -0.39 is 8.80 Å². The van der Waals surface area contributed by atoms with E-state index in [-0.39, 0.29) is 0 Å². The number of rotatable bonds is 2. The van der Waals surface area contributed by atoms with Gasteiger partial charge in [-0.1, -0.05) is 68.6 Å². The molecule has 0 atom stereocenters. The average Bonchev–Trinajstić information content (AvgIpc) is 2.69. The van der Waals surface area contributed by atoms with Crippen LogP contribution in [-0.4, -0.2) is 8.80 Å².